The van der Waals surface area contributed by atoms with Crippen LogP contribution >= 0.6 is 0 Å². The first-order valence-corrected chi connectivity index (χ1v) is 4.19. The van der Waals surface area contributed by atoms with Crippen molar-refractivity contribution in [3.05, 3.63) is 34.9 Å². The number of ether oxygens (including phenoxy) is 1. The highest BCUT2D eigenvalue weighted by Crippen LogP contribution is 2.20. The Morgan fingerprint density at radius 2 is 2.08 bits per heavy atom. The highest BCUT2D eigenvalue weighted by molar-refractivity contribution is 5.33. The van der Waals surface area contributed by atoms with Gasteiger partial charge in [-0.25, -0.2) is 0 Å². The number of aliphatic hydroxyl groups is 1. The maximum Gasteiger partial charge on any atom is 0.0725 e. The molecule has 0 amide bonds. The molecule has 1 heterocycles. The fourth-order valence-corrected chi connectivity index (χ4v) is 1.51. The van der Waals surface area contributed by atoms with Crippen molar-refractivity contribution in [2.75, 3.05) is 6.61 Å². The van der Waals surface area contributed by atoms with Crippen molar-refractivity contribution in [2.45, 2.75) is 19.6 Å². The Bertz CT molecular complexity index is 281. The normalized spacial score (nSPS) is 14.8. The van der Waals surface area contributed by atoms with Crippen molar-refractivity contribution in [1.82, 2.24) is 0 Å². The summed E-state index contributed by atoms with van der Waals surface area (Å²) in [5.74, 6) is 0. The van der Waals surface area contributed by atoms with E-state index in [-0.39, 0.29) is 6.61 Å². The van der Waals surface area contributed by atoms with E-state index in [1.807, 2.05) is 0 Å². The molecule has 0 unspecified atom stereocenters. The number of fused-ring (bicyclic) bond motifs is 1. The Hall–Kier alpha value is -0.860. The lowest BCUT2D eigenvalue weighted by atomic mass is 10.0. The van der Waals surface area contributed by atoms with Crippen LogP contribution in [0.4, 0.5) is 0 Å². The molecule has 2 heteroatoms. The zero-order valence-electron chi connectivity index (χ0n) is 6.92. The van der Waals surface area contributed by atoms with Crippen LogP contribution in [0.25, 0.3) is 0 Å². The third kappa shape index (κ3) is 1.36. The molecule has 0 bridgehead atoms. The highest BCUT2D eigenvalue weighted by Gasteiger charge is 2.10. The van der Waals surface area contributed by atoms with Gasteiger partial charge in [0.2, 0.25) is 0 Å². The predicted octanol–water partition coefficient (Wildman–Crippen LogP) is 1.25. The summed E-state index contributed by atoms with van der Waals surface area (Å²) in [5, 5.41) is 8.74. The van der Waals surface area contributed by atoms with Crippen molar-refractivity contribution >= 4 is 0 Å². The van der Waals surface area contributed by atoms with Crippen LogP contribution in [0.2, 0.25) is 0 Å². The highest BCUT2D eigenvalue weighted by atomic mass is 16.5. The van der Waals surface area contributed by atoms with E-state index >= 15 is 0 Å². The SMILES string of the molecule is OCCc1ccc2c(c1)COC2. The zero-order valence-corrected chi connectivity index (χ0v) is 6.92. The molecule has 0 aromatic heterocycles. The second-order valence-corrected chi connectivity index (χ2v) is 3.07. The molecular weight excluding hydrogens is 152 g/mol. The van der Waals surface area contributed by atoms with Gasteiger partial charge in [-0.05, 0) is 23.1 Å². The average molecular weight is 164 g/mol. The lowest BCUT2D eigenvalue weighted by molar-refractivity contribution is 0.134. The summed E-state index contributed by atoms with van der Waals surface area (Å²) in [6, 6.07) is 6.27. The van der Waals surface area contributed by atoms with Crippen molar-refractivity contribution in [3.63, 3.8) is 0 Å². The molecule has 64 valence electrons. The third-order valence-corrected chi connectivity index (χ3v) is 2.19. The molecule has 0 aliphatic carbocycles. The van der Waals surface area contributed by atoms with Crippen LogP contribution in [0.15, 0.2) is 18.2 Å². The van der Waals surface area contributed by atoms with Gasteiger partial charge in [-0.15, -0.1) is 0 Å². The summed E-state index contributed by atoms with van der Waals surface area (Å²) in [5.41, 5.74) is 3.76. The van der Waals surface area contributed by atoms with Gasteiger partial charge < -0.3 is 9.84 Å². The van der Waals surface area contributed by atoms with Crippen LogP contribution in [-0.4, -0.2) is 11.7 Å². The molecule has 2 rings (SSSR count). The zero-order chi connectivity index (χ0) is 8.39. The Morgan fingerprint density at radius 1 is 1.25 bits per heavy atom. The number of aliphatic hydroxyl groups excluding tert-OH is 1. The van der Waals surface area contributed by atoms with Crippen LogP contribution in [0.3, 0.4) is 0 Å². The quantitative estimate of drug-likeness (QED) is 0.712. The standard InChI is InChI=1S/C10H12O2/c11-4-3-8-1-2-9-6-12-7-10(9)5-8/h1-2,5,11H,3-4,6-7H2. The average Bonchev–Trinajstić information content (AvgIpc) is 2.51. The van der Waals surface area contributed by atoms with Crippen LogP contribution in [0.1, 0.15) is 16.7 Å². The summed E-state index contributed by atoms with van der Waals surface area (Å²) in [4.78, 5) is 0. The first kappa shape index (κ1) is 7.77. The molecule has 1 aliphatic heterocycles. The lowest BCUT2D eigenvalue weighted by Crippen LogP contribution is -1.92. The Balaban J connectivity index is 2.26. The summed E-state index contributed by atoms with van der Waals surface area (Å²) in [6.45, 7) is 1.70. The maximum atomic E-state index is 8.74. The van der Waals surface area contributed by atoms with Crippen molar-refractivity contribution < 1.29 is 9.84 Å². The molecule has 0 fully saturated rings. The molecule has 1 N–H and O–H groups in total. The Labute approximate surface area is 71.8 Å². The Morgan fingerprint density at radius 3 is 2.92 bits per heavy atom. The summed E-state index contributed by atoms with van der Waals surface area (Å²) in [6.07, 6.45) is 0.743. The van der Waals surface area contributed by atoms with Gasteiger partial charge in [-0.3, -0.25) is 0 Å². The van der Waals surface area contributed by atoms with Gasteiger partial charge in [-0.1, -0.05) is 18.2 Å². The number of rotatable bonds is 2. The molecule has 1 aromatic carbocycles. The van der Waals surface area contributed by atoms with Gasteiger partial charge in [0.05, 0.1) is 13.2 Å². The van der Waals surface area contributed by atoms with E-state index in [1.54, 1.807) is 0 Å². The second-order valence-electron chi connectivity index (χ2n) is 3.07. The van der Waals surface area contributed by atoms with Gasteiger partial charge >= 0.3 is 0 Å². The number of benzene rings is 1. The fourth-order valence-electron chi connectivity index (χ4n) is 1.51. The predicted molar refractivity (Wildman–Crippen MR) is 45.7 cm³/mol. The van der Waals surface area contributed by atoms with E-state index in [0.717, 1.165) is 19.6 Å². The van der Waals surface area contributed by atoms with E-state index in [4.69, 9.17) is 9.84 Å². The molecule has 2 nitrogen and oxygen atoms in total. The number of hydrogen-bond donors (Lipinski definition) is 1. The van der Waals surface area contributed by atoms with E-state index in [1.165, 1.54) is 16.7 Å². The monoisotopic (exact) mass is 164 g/mol. The first-order chi connectivity index (χ1) is 5.90. The number of hydrogen-bond acceptors (Lipinski definition) is 2. The molecule has 12 heavy (non-hydrogen) atoms. The van der Waals surface area contributed by atoms with Gasteiger partial charge in [-0.2, -0.15) is 0 Å². The summed E-state index contributed by atoms with van der Waals surface area (Å²) in [7, 11) is 0. The van der Waals surface area contributed by atoms with Crippen molar-refractivity contribution in [1.29, 1.82) is 0 Å². The maximum absolute atomic E-state index is 8.74. The van der Waals surface area contributed by atoms with Gasteiger partial charge in [0, 0.05) is 6.61 Å². The minimum Gasteiger partial charge on any atom is -0.396 e. The van der Waals surface area contributed by atoms with E-state index in [2.05, 4.69) is 18.2 Å². The van der Waals surface area contributed by atoms with Crippen LogP contribution < -0.4 is 0 Å². The topological polar surface area (TPSA) is 29.5 Å². The fraction of sp³-hybridized carbons (Fsp3) is 0.400. The van der Waals surface area contributed by atoms with Crippen LogP contribution in [0.5, 0.6) is 0 Å². The molecule has 1 aromatic rings. The van der Waals surface area contributed by atoms with Crippen LogP contribution in [-0.2, 0) is 24.4 Å². The summed E-state index contributed by atoms with van der Waals surface area (Å²) >= 11 is 0. The van der Waals surface area contributed by atoms with Gasteiger partial charge in [0.15, 0.2) is 0 Å². The largest absolute Gasteiger partial charge is 0.396 e. The molecule has 0 saturated heterocycles. The first-order valence-electron chi connectivity index (χ1n) is 4.19. The Kier molecular flexibility index (Phi) is 2.11. The molecule has 0 spiro atoms. The summed E-state index contributed by atoms with van der Waals surface area (Å²) < 4.78 is 5.29. The third-order valence-electron chi connectivity index (χ3n) is 2.19. The molecular formula is C10H12O2. The lowest BCUT2D eigenvalue weighted by Gasteiger charge is -2.00. The van der Waals surface area contributed by atoms with Crippen LogP contribution in [0, 0.1) is 0 Å². The smallest absolute Gasteiger partial charge is 0.0725 e. The van der Waals surface area contributed by atoms with Crippen molar-refractivity contribution in [2.24, 2.45) is 0 Å². The van der Waals surface area contributed by atoms with Gasteiger partial charge in [0.25, 0.3) is 0 Å². The second kappa shape index (κ2) is 3.25. The molecule has 1 aliphatic rings. The van der Waals surface area contributed by atoms with E-state index < -0.39 is 0 Å². The molecule has 0 radical (unpaired) electrons. The minimum atomic E-state index is 0.222. The van der Waals surface area contributed by atoms with E-state index in [0.29, 0.717) is 0 Å². The molecule has 0 saturated carbocycles. The minimum absolute atomic E-state index is 0.222. The van der Waals surface area contributed by atoms with Crippen molar-refractivity contribution in [3.8, 4) is 0 Å². The van der Waals surface area contributed by atoms with Gasteiger partial charge in [0.1, 0.15) is 0 Å². The molecule has 0 atom stereocenters. The van der Waals surface area contributed by atoms with E-state index in [9.17, 15) is 0 Å².